The van der Waals surface area contributed by atoms with Gasteiger partial charge in [-0.05, 0) is 30.3 Å². The number of H-pyrrole nitrogens is 1. The van der Waals surface area contributed by atoms with E-state index in [4.69, 9.17) is 21.1 Å². The molecule has 0 unspecified atom stereocenters. The molecule has 0 saturated carbocycles. The van der Waals surface area contributed by atoms with E-state index in [1.54, 1.807) is 36.1 Å². The summed E-state index contributed by atoms with van der Waals surface area (Å²) >= 11 is 6.13. The van der Waals surface area contributed by atoms with Gasteiger partial charge in [-0.25, -0.2) is 4.98 Å². The fraction of sp³-hybridized carbons (Fsp3) is 0.190. The van der Waals surface area contributed by atoms with Gasteiger partial charge in [0.05, 0.1) is 36.3 Å². The van der Waals surface area contributed by atoms with Crippen molar-refractivity contribution in [2.45, 2.75) is 6.54 Å². The number of amides is 1. The highest BCUT2D eigenvalue weighted by Crippen LogP contribution is 2.26. The Morgan fingerprint density at radius 1 is 1.20 bits per heavy atom. The van der Waals surface area contributed by atoms with Crippen molar-refractivity contribution in [1.82, 2.24) is 19.7 Å². The van der Waals surface area contributed by atoms with E-state index in [2.05, 4.69) is 20.4 Å². The van der Waals surface area contributed by atoms with Crippen molar-refractivity contribution in [3.8, 4) is 17.3 Å². The van der Waals surface area contributed by atoms with Crippen LogP contribution in [0.25, 0.3) is 22.6 Å². The molecule has 0 radical (unpaired) electrons. The van der Waals surface area contributed by atoms with Crippen molar-refractivity contribution in [1.29, 1.82) is 0 Å². The van der Waals surface area contributed by atoms with Crippen molar-refractivity contribution in [3.63, 3.8) is 0 Å². The van der Waals surface area contributed by atoms with Crippen LogP contribution in [-0.2, 0) is 11.3 Å². The molecule has 0 fully saturated rings. The molecule has 0 spiro atoms. The Hall–Kier alpha value is -3.36. The number of imidazole rings is 1. The molecule has 0 atom stereocenters. The lowest BCUT2D eigenvalue weighted by atomic mass is 10.2. The van der Waals surface area contributed by atoms with Crippen LogP contribution >= 0.6 is 11.6 Å². The van der Waals surface area contributed by atoms with Crippen molar-refractivity contribution >= 4 is 34.4 Å². The SMILES string of the molecule is COCCn1nc(NC(=O)c2ccc(OC)c(Cl)c2)cc1-c1nc2ccccc2[nH]1. The van der Waals surface area contributed by atoms with E-state index in [9.17, 15) is 4.79 Å². The largest absolute Gasteiger partial charge is 0.495 e. The molecule has 2 aromatic heterocycles. The molecule has 0 aliphatic rings. The number of nitrogens with zero attached hydrogens (tertiary/aromatic N) is 3. The molecule has 1 amide bonds. The number of methoxy groups -OCH3 is 2. The maximum Gasteiger partial charge on any atom is 0.256 e. The Morgan fingerprint density at radius 2 is 2.03 bits per heavy atom. The van der Waals surface area contributed by atoms with Gasteiger partial charge in [-0.1, -0.05) is 23.7 Å². The van der Waals surface area contributed by atoms with Crippen LogP contribution in [0.2, 0.25) is 5.02 Å². The summed E-state index contributed by atoms with van der Waals surface area (Å²) in [6.07, 6.45) is 0. The van der Waals surface area contributed by atoms with Gasteiger partial charge >= 0.3 is 0 Å². The zero-order chi connectivity index (χ0) is 21.1. The molecule has 4 rings (SSSR count). The zero-order valence-corrected chi connectivity index (χ0v) is 17.2. The van der Waals surface area contributed by atoms with Crippen LogP contribution in [-0.4, -0.2) is 46.5 Å². The van der Waals surface area contributed by atoms with Gasteiger partial charge in [-0.2, -0.15) is 5.10 Å². The van der Waals surface area contributed by atoms with E-state index in [1.807, 2.05) is 24.3 Å². The lowest BCUT2D eigenvalue weighted by molar-refractivity contribution is 0.102. The number of aromatic amines is 1. The number of aromatic nitrogens is 4. The average molecular weight is 426 g/mol. The molecule has 9 heteroatoms. The first-order valence-electron chi connectivity index (χ1n) is 9.26. The molecule has 0 aliphatic carbocycles. The summed E-state index contributed by atoms with van der Waals surface area (Å²) in [7, 11) is 3.15. The summed E-state index contributed by atoms with van der Waals surface area (Å²) < 4.78 is 12.1. The first-order valence-corrected chi connectivity index (χ1v) is 9.63. The normalized spacial score (nSPS) is 11.0. The van der Waals surface area contributed by atoms with Crippen LogP contribution < -0.4 is 10.1 Å². The van der Waals surface area contributed by atoms with Crippen LogP contribution in [0, 0.1) is 0 Å². The second-order valence-electron chi connectivity index (χ2n) is 6.54. The Balaban J connectivity index is 1.63. The average Bonchev–Trinajstić information content (AvgIpc) is 3.35. The minimum absolute atomic E-state index is 0.327. The highest BCUT2D eigenvalue weighted by Gasteiger charge is 2.16. The van der Waals surface area contributed by atoms with Gasteiger partial charge in [0.25, 0.3) is 5.91 Å². The van der Waals surface area contributed by atoms with E-state index >= 15 is 0 Å². The fourth-order valence-corrected chi connectivity index (χ4v) is 3.34. The quantitative estimate of drug-likeness (QED) is 0.467. The monoisotopic (exact) mass is 425 g/mol. The molecule has 2 N–H and O–H groups in total. The number of halogens is 1. The lowest BCUT2D eigenvalue weighted by Crippen LogP contribution is -2.13. The van der Waals surface area contributed by atoms with E-state index in [1.165, 1.54) is 7.11 Å². The summed E-state index contributed by atoms with van der Waals surface area (Å²) in [4.78, 5) is 20.6. The van der Waals surface area contributed by atoms with Gasteiger partial charge in [0.15, 0.2) is 11.6 Å². The Kier molecular flexibility index (Phi) is 5.69. The number of carbonyl (C=O) groups is 1. The zero-order valence-electron chi connectivity index (χ0n) is 16.5. The van der Waals surface area contributed by atoms with Crippen molar-refractivity contribution in [2.24, 2.45) is 0 Å². The third kappa shape index (κ3) is 4.00. The second-order valence-corrected chi connectivity index (χ2v) is 6.94. The molecule has 0 aliphatic heterocycles. The highest BCUT2D eigenvalue weighted by molar-refractivity contribution is 6.32. The van der Waals surface area contributed by atoms with Crippen molar-refractivity contribution in [3.05, 3.63) is 59.1 Å². The second kappa shape index (κ2) is 8.56. The molecule has 30 heavy (non-hydrogen) atoms. The number of hydrogen-bond donors (Lipinski definition) is 2. The molecular weight excluding hydrogens is 406 g/mol. The van der Waals surface area contributed by atoms with E-state index in [-0.39, 0.29) is 5.91 Å². The van der Waals surface area contributed by atoms with Crippen molar-refractivity contribution in [2.75, 3.05) is 26.1 Å². The molecule has 4 aromatic rings. The van der Waals surface area contributed by atoms with Crippen LogP contribution in [0.4, 0.5) is 5.82 Å². The van der Waals surface area contributed by atoms with Gasteiger partial charge in [0.1, 0.15) is 11.4 Å². The van der Waals surface area contributed by atoms with Gasteiger partial charge in [-0.15, -0.1) is 0 Å². The summed E-state index contributed by atoms with van der Waals surface area (Å²) in [5.74, 6) is 1.24. The predicted octanol–water partition coefficient (Wildman–Crippen LogP) is 3.99. The number of carbonyl (C=O) groups excluding carboxylic acids is 1. The number of hydrogen-bond acceptors (Lipinski definition) is 5. The number of benzene rings is 2. The topological polar surface area (TPSA) is 94.1 Å². The first kappa shape index (κ1) is 19.9. The van der Waals surface area contributed by atoms with Crippen molar-refractivity contribution < 1.29 is 14.3 Å². The lowest BCUT2D eigenvalue weighted by Gasteiger charge is -2.06. The fourth-order valence-electron chi connectivity index (χ4n) is 3.09. The molecular formula is C21H20ClN5O3. The van der Waals surface area contributed by atoms with Crippen LogP contribution in [0.15, 0.2) is 48.5 Å². The van der Waals surface area contributed by atoms with Gasteiger partial charge < -0.3 is 19.8 Å². The third-order valence-corrected chi connectivity index (χ3v) is 4.87. The van der Waals surface area contributed by atoms with Crippen LogP contribution in [0.1, 0.15) is 10.4 Å². The molecule has 0 bridgehead atoms. The Labute approximate surface area is 177 Å². The summed E-state index contributed by atoms with van der Waals surface area (Å²) in [5.41, 5.74) is 2.92. The molecule has 154 valence electrons. The molecule has 2 heterocycles. The number of nitrogens with one attached hydrogen (secondary N) is 2. The first-order chi connectivity index (χ1) is 14.6. The number of anilines is 1. The Bertz CT molecular complexity index is 1170. The highest BCUT2D eigenvalue weighted by atomic mass is 35.5. The molecule has 8 nitrogen and oxygen atoms in total. The molecule has 0 saturated heterocycles. The van der Waals surface area contributed by atoms with Gasteiger partial charge in [0, 0.05) is 18.7 Å². The number of fused-ring (bicyclic) bond motifs is 1. The predicted molar refractivity (Wildman–Crippen MR) is 115 cm³/mol. The summed E-state index contributed by atoms with van der Waals surface area (Å²) in [6, 6.07) is 14.4. The molecule has 2 aromatic carbocycles. The maximum atomic E-state index is 12.7. The van der Waals surface area contributed by atoms with Gasteiger partial charge in [0.2, 0.25) is 0 Å². The number of ether oxygens (including phenoxy) is 2. The number of para-hydroxylation sites is 2. The van der Waals surface area contributed by atoms with Crippen LogP contribution in [0.5, 0.6) is 5.75 Å². The third-order valence-electron chi connectivity index (χ3n) is 4.57. The minimum atomic E-state index is -0.327. The smallest absolute Gasteiger partial charge is 0.256 e. The standard InChI is InChI=1S/C21H20ClN5O3/c1-29-10-9-27-17(20-23-15-5-3-4-6-16(15)24-20)12-19(26-27)25-21(28)13-7-8-18(30-2)14(22)11-13/h3-8,11-12H,9-10H2,1-2H3,(H,23,24)(H,25,26,28). The minimum Gasteiger partial charge on any atom is -0.495 e. The Morgan fingerprint density at radius 3 is 2.77 bits per heavy atom. The van der Waals surface area contributed by atoms with E-state index in [0.29, 0.717) is 41.1 Å². The van der Waals surface area contributed by atoms with Gasteiger partial charge in [-0.3, -0.25) is 9.48 Å². The van der Waals surface area contributed by atoms with Crippen LogP contribution in [0.3, 0.4) is 0 Å². The summed E-state index contributed by atoms with van der Waals surface area (Å²) in [5, 5.41) is 7.67. The number of rotatable bonds is 7. The van der Waals surface area contributed by atoms with E-state index < -0.39 is 0 Å². The van der Waals surface area contributed by atoms with E-state index in [0.717, 1.165) is 16.7 Å². The summed E-state index contributed by atoms with van der Waals surface area (Å²) in [6.45, 7) is 0.976. The maximum absolute atomic E-state index is 12.7.